The number of methoxy groups -OCH3 is 1. The molecule has 1 rings (SSSR count). The third-order valence-corrected chi connectivity index (χ3v) is 3.54. The van der Waals surface area contributed by atoms with Crippen LogP contribution in [0, 0.1) is 5.92 Å². The summed E-state index contributed by atoms with van der Waals surface area (Å²) >= 11 is 0. The zero-order valence-electron chi connectivity index (χ0n) is 10.2. The van der Waals surface area contributed by atoms with Gasteiger partial charge < -0.3 is 9.64 Å². The Kier molecular flexibility index (Phi) is 5.09. The second kappa shape index (κ2) is 6.11. The lowest BCUT2D eigenvalue weighted by atomic mass is 9.93. The van der Waals surface area contributed by atoms with E-state index >= 15 is 0 Å². The van der Waals surface area contributed by atoms with Crippen LogP contribution in [0.4, 0.5) is 0 Å². The number of carbonyl (C=O) groups excluding carboxylic acids is 1. The topological polar surface area (TPSA) is 29.5 Å². The van der Waals surface area contributed by atoms with Crippen molar-refractivity contribution in [1.82, 2.24) is 4.90 Å². The van der Waals surface area contributed by atoms with Gasteiger partial charge in [0.2, 0.25) is 0 Å². The molecule has 0 bridgehead atoms. The molecule has 0 aromatic rings. The Morgan fingerprint density at radius 2 is 2.07 bits per heavy atom. The van der Waals surface area contributed by atoms with Crippen molar-refractivity contribution < 1.29 is 9.53 Å². The van der Waals surface area contributed by atoms with Gasteiger partial charge in [-0.1, -0.05) is 13.3 Å². The highest BCUT2D eigenvalue weighted by atomic mass is 16.5. The van der Waals surface area contributed by atoms with Gasteiger partial charge in [-0.2, -0.15) is 0 Å². The zero-order chi connectivity index (χ0) is 11.3. The molecule has 1 fully saturated rings. The average molecular weight is 213 g/mol. The van der Waals surface area contributed by atoms with Gasteiger partial charge in [0.15, 0.2) is 0 Å². The zero-order valence-corrected chi connectivity index (χ0v) is 10.2. The molecule has 0 amide bonds. The normalized spacial score (nSPS) is 21.3. The maximum absolute atomic E-state index is 11.1. The standard InChI is InChI=1S/C12H23NO2/c1-4-11-5-7-13(8-6-11)10(2)9-12(14)15-3/h10-11H,4-9H2,1-3H3. The van der Waals surface area contributed by atoms with E-state index in [9.17, 15) is 4.79 Å². The molecule has 88 valence electrons. The fraction of sp³-hybridized carbons (Fsp3) is 0.917. The molecule has 0 radical (unpaired) electrons. The minimum atomic E-state index is -0.0971. The average Bonchev–Trinajstić information content (AvgIpc) is 2.29. The number of rotatable bonds is 4. The number of nitrogens with zero attached hydrogens (tertiary/aromatic N) is 1. The van der Waals surface area contributed by atoms with Crippen molar-refractivity contribution in [3.63, 3.8) is 0 Å². The Labute approximate surface area is 92.8 Å². The van der Waals surface area contributed by atoms with Gasteiger partial charge in [-0.3, -0.25) is 4.79 Å². The first kappa shape index (κ1) is 12.5. The van der Waals surface area contributed by atoms with Crippen LogP contribution in [-0.4, -0.2) is 37.1 Å². The number of hydrogen-bond acceptors (Lipinski definition) is 3. The summed E-state index contributed by atoms with van der Waals surface area (Å²) in [5, 5.41) is 0. The molecule has 3 heteroatoms. The van der Waals surface area contributed by atoms with Crippen molar-refractivity contribution in [1.29, 1.82) is 0 Å². The highest BCUT2D eigenvalue weighted by Gasteiger charge is 2.23. The quantitative estimate of drug-likeness (QED) is 0.669. The van der Waals surface area contributed by atoms with Gasteiger partial charge in [0.05, 0.1) is 13.5 Å². The van der Waals surface area contributed by atoms with Gasteiger partial charge in [0.1, 0.15) is 0 Å². The van der Waals surface area contributed by atoms with E-state index in [0.717, 1.165) is 19.0 Å². The lowest BCUT2D eigenvalue weighted by Crippen LogP contribution is -2.40. The lowest BCUT2D eigenvalue weighted by Gasteiger charge is -2.35. The summed E-state index contributed by atoms with van der Waals surface area (Å²) in [5.41, 5.74) is 0. The van der Waals surface area contributed by atoms with Crippen LogP contribution in [0.15, 0.2) is 0 Å². The van der Waals surface area contributed by atoms with Crippen molar-refractivity contribution in [2.24, 2.45) is 5.92 Å². The molecule has 1 saturated heterocycles. The van der Waals surface area contributed by atoms with Crippen LogP contribution in [-0.2, 0) is 9.53 Å². The molecule has 3 nitrogen and oxygen atoms in total. The second-order valence-corrected chi connectivity index (χ2v) is 4.52. The fourth-order valence-electron chi connectivity index (χ4n) is 2.26. The predicted octanol–water partition coefficient (Wildman–Crippen LogP) is 2.06. The first-order valence-corrected chi connectivity index (χ1v) is 5.98. The second-order valence-electron chi connectivity index (χ2n) is 4.52. The third-order valence-electron chi connectivity index (χ3n) is 3.54. The molecule has 0 N–H and O–H groups in total. The molecule has 0 aliphatic carbocycles. The minimum absolute atomic E-state index is 0.0971. The van der Waals surface area contributed by atoms with Crippen LogP contribution in [0.25, 0.3) is 0 Å². The third kappa shape index (κ3) is 3.82. The summed E-state index contributed by atoms with van der Waals surface area (Å²) in [6, 6.07) is 0.329. The van der Waals surface area contributed by atoms with Gasteiger partial charge in [-0.25, -0.2) is 0 Å². The van der Waals surface area contributed by atoms with Crippen LogP contribution in [0.1, 0.15) is 39.5 Å². The van der Waals surface area contributed by atoms with Crippen LogP contribution in [0.3, 0.4) is 0 Å². The number of ether oxygens (including phenoxy) is 1. The van der Waals surface area contributed by atoms with E-state index in [0.29, 0.717) is 12.5 Å². The number of hydrogen-bond donors (Lipinski definition) is 0. The van der Waals surface area contributed by atoms with E-state index in [2.05, 4.69) is 23.5 Å². The molecule has 0 saturated carbocycles. The van der Waals surface area contributed by atoms with Crippen molar-refractivity contribution in [2.75, 3.05) is 20.2 Å². The van der Waals surface area contributed by atoms with Crippen LogP contribution in [0.5, 0.6) is 0 Å². The molecule has 15 heavy (non-hydrogen) atoms. The van der Waals surface area contributed by atoms with E-state index < -0.39 is 0 Å². The molecule has 0 aromatic carbocycles. The number of esters is 1. The van der Waals surface area contributed by atoms with E-state index in [1.54, 1.807) is 0 Å². The summed E-state index contributed by atoms with van der Waals surface area (Å²) in [4.78, 5) is 13.5. The Balaban J connectivity index is 2.29. The first-order chi connectivity index (χ1) is 7.17. The molecule has 0 spiro atoms. The Morgan fingerprint density at radius 1 is 1.47 bits per heavy atom. The van der Waals surface area contributed by atoms with Crippen LogP contribution >= 0.6 is 0 Å². The van der Waals surface area contributed by atoms with E-state index in [1.807, 2.05) is 0 Å². The van der Waals surface area contributed by atoms with Gasteiger partial charge >= 0.3 is 5.97 Å². The Bertz CT molecular complexity index is 198. The minimum Gasteiger partial charge on any atom is -0.469 e. The molecule has 1 unspecified atom stereocenters. The van der Waals surface area contributed by atoms with E-state index in [-0.39, 0.29) is 5.97 Å². The summed E-state index contributed by atoms with van der Waals surface area (Å²) in [5.74, 6) is 0.798. The fourth-order valence-corrected chi connectivity index (χ4v) is 2.26. The molecule has 1 heterocycles. The van der Waals surface area contributed by atoms with E-state index in [1.165, 1.54) is 26.4 Å². The maximum Gasteiger partial charge on any atom is 0.307 e. The van der Waals surface area contributed by atoms with Crippen molar-refractivity contribution in [3.05, 3.63) is 0 Å². The molecule has 1 aliphatic heterocycles. The van der Waals surface area contributed by atoms with Gasteiger partial charge in [0.25, 0.3) is 0 Å². The van der Waals surface area contributed by atoms with Crippen LogP contribution < -0.4 is 0 Å². The maximum atomic E-state index is 11.1. The molecule has 0 aromatic heterocycles. The van der Waals surface area contributed by atoms with Gasteiger partial charge in [-0.05, 0) is 38.8 Å². The number of carbonyl (C=O) groups is 1. The van der Waals surface area contributed by atoms with Crippen molar-refractivity contribution in [3.8, 4) is 0 Å². The predicted molar refractivity (Wildman–Crippen MR) is 60.7 cm³/mol. The summed E-state index contributed by atoms with van der Waals surface area (Å²) in [6.07, 6.45) is 4.37. The first-order valence-electron chi connectivity index (χ1n) is 5.98. The summed E-state index contributed by atoms with van der Waals surface area (Å²) < 4.78 is 4.69. The van der Waals surface area contributed by atoms with E-state index in [4.69, 9.17) is 0 Å². The molecule has 1 aliphatic rings. The largest absolute Gasteiger partial charge is 0.469 e. The van der Waals surface area contributed by atoms with Crippen molar-refractivity contribution >= 4 is 5.97 Å². The number of piperidine rings is 1. The van der Waals surface area contributed by atoms with Crippen molar-refractivity contribution in [2.45, 2.75) is 45.6 Å². The summed E-state index contributed by atoms with van der Waals surface area (Å²) in [7, 11) is 1.46. The SMILES string of the molecule is CCC1CCN(C(C)CC(=O)OC)CC1. The molecule has 1 atom stereocenters. The molecular formula is C12H23NO2. The number of likely N-dealkylation sites (tertiary alicyclic amines) is 1. The van der Waals surface area contributed by atoms with Crippen LogP contribution in [0.2, 0.25) is 0 Å². The van der Waals surface area contributed by atoms with Gasteiger partial charge in [0, 0.05) is 6.04 Å². The highest BCUT2D eigenvalue weighted by molar-refractivity contribution is 5.69. The lowest BCUT2D eigenvalue weighted by molar-refractivity contribution is -0.142. The summed E-state index contributed by atoms with van der Waals surface area (Å²) in [6.45, 7) is 6.65. The monoisotopic (exact) mass is 213 g/mol. The Morgan fingerprint density at radius 3 is 2.53 bits per heavy atom. The van der Waals surface area contributed by atoms with Gasteiger partial charge in [-0.15, -0.1) is 0 Å². The Hall–Kier alpha value is -0.570. The smallest absolute Gasteiger partial charge is 0.307 e. The highest BCUT2D eigenvalue weighted by Crippen LogP contribution is 2.22. The molecular weight excluding hydrogens is 190 g/mol.